The number of aliphatic imine (C=N–C) groups is 1. The summed E-state index contributed by atoms with van der Waals surface area (Å²) in [6.07, 6.45) is 1.60. The molecule has 1 fully saturated rings. The van der Waals surface area contributed by atoms with Gasteiger partial charge in [-0.05, 0) is 33.6 Å². The number of rotatable bonds is 4. The van der Waals surface area contributed by atoms with Crippen LogP contribution < -0.4 is 5.32 Å². The van der Waals surface area contributed by atoms with Gasteiger partial charge in [0.2, 0.25) is 0 Å². The van der Waals surface area contributed by atoms with E-state index in [0.717, 1.165) is 49.9 Å². The maximum atomic E-state index is 13.6. The van der Waals surface area contributed by atoms with Crippen molar-refractivity contribution < 1.29 is 8.91 Å². The Morgan fingerprint density at radius 1 is 1.31 bits per heavy atom. The van der Waals surface area contributed by atoms with Gasteiger partial charge in [-0.2, -0.15) is 0 Å². The number of benzene rings is 1. The fourth-order valence-corrected chi connectivity index (χ4v) is 3.08. The average Bonchev–Trinajstić information content (AvgIpc) is 3.13. The first-order valence-corrected chi connectivity index (χ1v) is 8.96. The van der Waals surface area contributed by atoms with Crippen molar-refractivity contribution in [2.75, 3.05) is 33.2 Å². The highest BCUT2D eigenvalue weighted by atomic mass is 127. The molecule has 0 spiro atoms. The first-order chi connectivity index (χ1) is 12.2. The SMILES string of the molecule is CN=C(NCc1ccc(Br)c(F)c1)N1CCN(Cc2ccon2)CC1.I. The number of aromatic nitrogens is 1. The highest BCUT2D eigenvalue weighted by molar-refractivity contribution is 14.0. The van der Waals surface area contributed by atoms with Crippen molar-refractivity contribution in [1.29, 1.82) is 0 Å². The van der Waals surface area contributed by atoms with Gasteiger partial charge in [-0.1, -0.05) is 11.2 Å². The van der Waals surface area contributed by atoms with Crippen LogP contribution in [0.5, 0.6) is 0 Å². The molecule has 1 saturated heterocycles. The summed E-state index contributed by atoms with van der Waals surface area (Å²) in [7, 11) is 1.77. The Morgan fingerprint density at radius 3 is 2.69 bits per heavy atom. The van der Waals surface area contributed by atoms with E-state index in [0.29, 0.717) is 11.0 Å². The summed E-state index contributed by atoms with van der Waals surface area (Å²) < 4.78 is 19.0. The molecule has 9 heteroatoms. The molecule has 0 unspecified atom stereocenters. The van der Waals surface area contributed by atoms with Crippen LogP contribution >= 0.6 is 39.9 Å². The van der Waals surface area contributed by atoms with Crippen LogP contribution in [0, 0.1) is 5.82 Å². The summed E-state index contributed by atoms with van der Waals surface area (Å²) in [6.45, 7) is 4.96. The topological polar surface area (TPSA) is 56.9 Å². The Bertz CT molecular complexity index is 720. The van der Waals surface area contributed by atoms with Gasteiger partial charge in [-0.3, -0.25) is 9.89 Å². The summed E-state index contributed by atoms with van der Waals surface area (Å²) in [5, 5.41) is 7.27. The second-order valence-corrected chi connectivity index (χ2v) is 6.76. The molecule has 142 valence electrons. The number of piperazine rings is 1. The van der Waals surface area contributed by atoms with Crippen molar-refractivity contribution in [2.45, 2.75) is 13.1 Å². The van der Waals surface area contributed by atoms with E-state index in [2.05, 4.69) is 41.2 Å². The van der Waals surface area contributed by atoms with Crippen LogP contribution in [0.4, 0.5) is 4.39 Å². The highest BCUT2D eigenvalue weighted by Gasteiger charge is 2.20. The molecule has 1 N–H and O–H groups in total. The summed E-state index contributed by atoms with van der Waals surface area (Å²) >= 11 is 3.17. The van der Waals surface area contributed by atoms with Gasteiger partial charge in [-0.15, -0.1) is 24.0 Å². The number of guanidine groups is 1. The van der Waals surface area contributed by atoms with Crippen LogP contribution in [0.3, 0.4) is 0 Å². The predicted molar refractivity (Wildman–Crippen MR) is 113 cm³/mol. The Morgan fingerprint density at radius 2 is 2.08 bits per heavy atom. The van der Waals surface area contributed by atoms with Crippen molar-refractivity contribution in [3.63, 3.8) is 0 Å². The van der Waals surface area contributed by atoms with E-state index in [1.165, 1.54) is 6.07 Å². The van der Waals surface area contributed by atoms with Gasteiger partial charge < -0.3 is 14.7 Å². The molecular weight excluding hydrogens is 516 g/mol. The molecule has 6 nitrogen and oxygen atoms in total. The molecule has 2 aromatic rings. The molecule has 1 aromatic heterocycles. The van der Waals surface area contributed by atoms with Gasteiger partial charge in [0.05, 0.1) is 10.2 Å². The number of nitrogens with one attached hydrogen (secondary N) is 1. The summed E-state index contributed by atoms with van der Waals surface area (Å²) in [5.41, 5.74) is 1.83. The fourth-order valence-electron chi connectivity index (χ4n) is 2.83. The molecule has 3 rings (SSSR count). The predicted octanol–water partition coefficient (Wildman–Crippen LogP) is 3.09. The van der Waals surface area contributed by atoms with Gasteiger partial charge in [-0.25, -0.2) is 4.39 Å². The zero-order chi connectivity index (χ0) is 17.6. The zero-order valence-electron chi connectivity index (χ0n) is 14.5. The fraction of sp³-hybridized carbons (Fsp3) is 0.412. The third-order valence-electron chi connectivity index (χ3n) is 4.20. The van der Waals surface area contributed by atoms with Crippen molar-refractivity contribution in [3.05, 3.63) is 52.1 Å². The van der Waals surface area contributed by atoms with E-state index in [9.17, 15) is 4.39 Å². The molecule has 1 aliphatic heterocycles. The molecule has 26 heavy (non-hydrogen) atoms. The maximum absolute atomic E-state index is 13.6. The molecule has 1 aromatic carbocycles. The number of hydrogen-bond donors (Lipinski definition) is 1. The maximum Gasteiger partial charge on any atom is 0.194 e. The number of hydrogen-bond acceptors (Lipinski definition) is 4. The van der Waals surface area contributed by atoms with E-state index >= 15 is 0 Å². The minimum absolute atomic E-state index is 0. The minimum atomic E-state index is -0.254. The van der Waals surface area contributed by atoms with Crippen molar-refractivity contribution in [3.8, 4) is 0 Å². The highest BCUT2D eigenvalue weighted by Crippen LogP contribution is 2.16. The van der Waals surface area contributed by atoms with Crippen LogP contribution in [0.15, 0.2) is 44.5 Å². The van der Waals surface area contributed by atoms with Crippen molar-refractivity contribution in [2.24, 2.45) is 4.99 Å². The zero-order valence-corrected chi connectivity index (χ0v) is 18.4. The Labute approximate surface area is 178 Å². The lowest BCUT2D eigenvalue weighted by Gasteiger charge is -2.36. The van der Waals surface area contributed by atoms with Crippen molar-refractivity contribution in [1.82, 2.24) is 20.3 Å². The van der Waals surface area contributed by atoms with Crippen LogP contribution in [-0.4, -0.2) is 54.1 Å². The lowest BCUT2D eigenvalue weighted by Crippen LogP contribution is -2.52. The van der Waals surface area contributed by atoms with E-state index in [1.807, 2.05) is 12.1 Å². The Hall–Kier alpha value is -1.20. The molecule has 2 heterocycles. The first kappa shape index (κ1) is 21.1. The summed E-state index contributed by atoms with van der Waals surface area (Å²) in [4.78, 5) is 8.91. The van der Waals surface area contributed by atoms with Gasteiger partial charge >= 0.3 is 0 Å². The van der Waals surface area contributed by atoms with Gasteiger partial charge in [0.15, 0.2) is 5.96 Å². The second kappa shape index (κ2) is 10.2. The second-order valence-electron chi connectivity index (χ2n) is 5.90. The third-order valence-corrected chi connectivity index (χ3v) is 4.84. The molecule has 0 atom stereocenters. The first-order valence-electron chi connectivity index (χ1n) is 8.17. The standard InChI is InChI=1S/C17H21BrFN5O.HI/c1-20-17(21-11-13-2-3-15(18)16(19)10-13)24-7-5-23(6-8-24)12-14-4-9-25-22-14;/h2-4,9-10H,5-8,11-12H2,1H3,(H,20,21);1H. The molecule has 0 radical (unpaired) electrons. The minimum Gasteiger partial charge on any atom is -0.364 e. The van der Waals surface area contributed by atoms with Crippen LogP contribution in [0.25, 0.3) is 0 Å². The van der Waals surface area contributed by atoms with E-state index in [4.69, 9.17) is 4.52 Å². The monoisotopic (exact) mass is 537 g/mol. The average molecular weight is 538 g/mol. The van der Waals surface area contributed by atoms with Crippen LogP contribution in [-0.2, 0) is 13.1 Å². The van der Waals surface area contributed by atoms with E-state index in [1.54, 1.807) is 19.4 Å². The quantitative estimate of drug-likeness (QED) is 0.369. The smallest absolute Gasteiger partial charge is 0.194 e. The summed E-state index contributed by atoms with van der Waals surface area (Å²) in [6, 6.07) is 7.03. The van der Waals surface area contributed by atoms with E-state index < -0.39 is 0 Å². The molecule has 0 amide bonds. The van der Waals surface area contributed by atoms with E-state index in [-0.39, 0.29) is 29.8 Å². The van der Waals surface area contributed by atoms with Gasteiger partial charge in [0.25, 0.3) is 0 Å². The number of halogens is 3. The Kier molecular flexibility index (Phi) is 8.29. The number of nitrogens with zero attached hydrogens (tertiary/aromatic N) is 4. The largest absolute Gasteiger partial charge is 0.364 e. The molecular formula is C17H22BrFIN5O. The van der Waals surface area contributed by atoms with Crippen molar-refractivity contribution >= 4 is 45.9 Å². The van der Waals surface area contributed by atoms with Gasteiger partial charge in [0.1, 0.15) is 12.1 Å². The molecule has 0 saturated carbocycles. The summed E-state index contributed by atoms with van der Waals surface area (Å²) in [5.74, 6) is 0.583. The Balaban J connectivity index is 0.00000243. The lowest BCUT2D eigenvalue weighted by molar-refractivity contribution is 0.169. The lowest BCUT2D eigenvalue weighted by atomic mass is 10.2. The normalized spacial score (nSPS) is 15.7. The third kappa shape index (κ3) is 5.65. The van der Waals surface area contributed by atoms with Crippen LogP contribution in [0.2, 0.25) is 0 Å². The molecule has 0 bridgehead atoms. The molecule has 0 aliphatic carbocycles. The van der Waals surface area contributed by atoms with Gasteiger partial charge in [0, 0.05) is 52.4 Å². The van der Waals surface area contributed by atoms with Crippen LogP contribution in [0.1, 0.15) is 11.3 Å². The molecule has 1 aliphatic rings.